The Balaban J connectivity index is 1.76. The van der Waals surface area contributed by atoms with Crippen molar-refractivity contribution < 1.29 is 9.18 Å². The van der Waals surface area contributed by atoms with Crippen molar-refractivity contribution in [3.63, 3.8) is 0 Å². The number of piperidine rings is 1. The van der Waals surface area contributed by atoms with Gasteiger partial charge in [-0.3, -0.25) is 0 Å². The largest absolute Gasteiger partial charge is 0.335 e. The molecule has 2 amide bonds. The number of benzene rings is 1. The Labute approximate surface area is 106 Å². The molecule has 0 radical (unpaired) electrons. The maximum Gasteiger partial charge on any atom is 0.315 e. The first-order valence-corrected chi connectivity index (χ1v) is 6.24. The van der Waals surface area contributed by atoms with E-state index >= 15 is 0 Å². The van der Waals surface area contributed by atoms with Crippen molar-refractivity contribution in [1.82, 2.24) is 16.0 Å². The first kappa shape index (κ1) is 12.8. The zero-order chi connectivity index (χ0) is 12.8. The predicted molar refractivity (Wildman–Crippen MR) is 67.7 cm³/mol. The molecular formula is C13H18FN3O. The molecule has 0 bridgehead atoms. The standard InChI is InChI=1S/C13H18FN3O/c14-12-4-2-1-3-10(12)9-16-13(18)17-11-5-7-15-8-6-11/h1-4,11,15H,5-9H2,(H2,16,17,18). The average Bonchev–Trinajstić information content (AvgIpc) is 2.39. The average molecular weight is 251 g/mol. The van der Waals surface area contributed by atoms with Crippen LogP contribution in [-0.2, 0) is 6.54 Å². The van der Waals surface area contributed by atoms with Gasteiger partial charge in [-0.1, -0.05) is 18.2 Å². The monoisotopic (exact) mass is 251 g/mol. The minimum atomic E-state index is -0.292. The zero-order valence-electron chi connectivity index (χ0n) is 10.2. The molecule has 1 fully saturated rings. The lowest BCUT2D eigenvalue weighted by Crippen LogP contribution is -2.46. The van der Waals surface area contributed by atoms with E-state index in [0.29, 0.717) is 5.56 Å². The Bertz CT molecular complexity index is 405. The first-order chi connectivity index (χ1) is 8.75. The fourth-order valence-electron chi connectivity index (χ4n) is 2.02. The van der Waals surface area contributed by atoms with Gasteiger partial charge in [-0.2, -0.15) is 0 Å². The number of amides is 2. The van der Waals surface area contributed by atoms with Crippen LogP contribution < -0.4 is 16.0 Å². The van der Waals surface area contributed by atoms with Crippen molar-refractivity contribution in [2.45, 2.75) is 25.4 Å². The van der Waals surface area contributed by atoms with Gasteiger partial charge in [-0.05, 0) is 32.0 Å². The number of urea groups is 1. The highest BCUT2D eigenvalue weighted by molar-refractivity contribution is 5.74. The van der Waals surface area contributed by atoms with E-state index in [4.69, 9.17) is 0 Å². The molecule has 0 atom stereocenters. The Hall–Kier alpha value is -1.62. The fraction of sp³-hybridized carbons (Fsp3) is 0.462. The molecule has 5 heteroatoms. The van der Waals surface area contributed by atoms with Crippen molar-refractivity contribution in [1.29, 1.82) is 0 Å². The summed E-state index contributed by atoms with van der Waals surface area (Å²) in [5, 5.41) is 8.80. The summed E-state index contributed by atoms with van der Waals surface area (Å²) in [6.45, 7) is 2.07. The number of nitrogens with one attached hydrogen (secondary N) is 3. The summed E-state index contributed by atoms with van der Waals surface area (Å²) in [6, 6.07) is 6.43. The minimum absolute atomic E-state index is 0.212. The summed E-state index contributed by atoms with van der Waals surface area (Å²) >= 11 is 0. The van der Waals surface area contributed by atoms with Crippen molar-refractivity contribution >= 4 is 6.03 Å². The van der Waals surface area contributed by atoms with E-state index in [1.807, 2.05) is 0 Å². The molecule has 0 unspecified atom stereocenters. The topological polar surface area (TPSA) is 53.2 Å². The van der Waals surface area contributed by atoms with Gasteiger partial charge in [0, 0.05) is 18.2 Å². The summed E-state index contributed by atoms with van der Waals surface area (Å²) in [7, 11) is 0. The van der Waals surface area contributed by atoms with E-state index < -0.39 is 0 Å². The van der Waals surface area contributed by atoms with Gasteiger partial charge in [-0.15, -0.1) is 0 Å². The van der Waals surface area contributed by atoms with Crippen molar-refractivity contribution in [3.8, 4) is 0 Å². The second-order valence-corrected chi connectivity index (χ2v) is 4.44. The minimum Gasteiger partial charge on any atom is -0.335 e. The van der Waals surface area contributed by atoms with Crippen molar-refractivity contribution in [2.24, 2.45) is 0 Å². The van der Waals surface area contributed by atoms with Crippen LogP contribution >= 0.6 is 0 Å². The summed E-state index contributed by atoms with van der Waals surface area (Å²) in [4.78, 5) is 11.6. The molecule has 1 aromatic rings. The number of rotatable bonds is 3. The van der Waals surface area contributed by atoms with Crippen LogP contribution in [0, 0.1) is 5.82 Å². The molecule has 2 rings (SSSR count). The predicted octanol–water partition coefficient (Wildman–Crippen LogP) is 1.38. The van der Waals surface area contributed by atoms with E-state index in [0.717, 1.165) is 25.9 Å². The highest BCUT2D eigenvalue weighted by Gasteiger charge is 2.15. The molecule has 1 heterocycles. The molecule has 1 aliphatic rings. The van der Waals surface area contributed by atoms with Crippen LogP contribution in [0.25, 0.3) is 0 Å². The van der Waals surface area contributed by atoms with E-state index in [-0.39, 0.29) is 24.4 Å². The van der Waals surface area contributed by atoms with Crippen LogP contribution in [0.4, 0.5) is 9.18 Å². The van der Waals surface area contributed by atoms with Gasteiger partial charge in [0.05, 0.1) is 0 Å². The van der Waals surface area contributed by atoms with Crippen LogP contribution in [0.15, 0.2) is 24.3 Å². The highest BCUT2D eigenvalue weighted by atomic mass is 19.1. The normalized spacial score (nSPS) is 16.3. The van der Waals surface area contributed by atoms with E-state index in [1.165, 1.54) is 6.07 Å². The molecule has 18 heavy (non-hydrogen) atoms. The molecule has 1 aromatic carbocycles. The van der Waals surface area contributed by atoms with E-state index in [2.05, 4.69) is 16.0 Å². The molecule has 98 valence electrons. The number of carbonyl (C=O) groups is 1. The third-order valence-electron chi connectivity index (χ3n) is 3.07. The SMILES string of the molecule is O=C(NCc1ccccc1F)NC1CCNCC1. The van der Waals surface area contributed by atoms with Crippen LogP contribution in [0.2, 0.25) is 0 Å². The molecule has 1 aliphatic heterocycles. The van der Waals surface area contributed by atoms with Gasteiger partial charge < -0.3 is 16.0 Å². The van der Waals surface area contributed by atoms with Gasteiger partial charge in [0.15, 0.2) is 0 Å². The Morgan fingerprint density at radius 2 is 2.06 bits per heavy atom. The maximum atomic E-state index is 13.3. The molecule has 0 aromatic heterocycles. The van der Waals surface area contributed by atoms with Crippen molar-refractivity contribution in [2.75, 3.05) is 13.1 Å². The summed E-state index contributed by atoms with van der Waals surface area (Å²) < 4.78 is 13.3. The number of hydrogen-bond donors (Lipinski definition) is 3. The second kappa shape index (κ2) is 6.35. The lowest BCUT2D eigenvalue weighted by Gasteiger charge is -2.23. The first-order valence-electron chi connectivity index (χ1n) is 6.24. The summed E-state index contributed by atoms with van der Waals surface area (Å²) in [5.74, 6) is -0.292. The smallest absolute Gasteiger partial charge is 0.315 e. The Kier molecular flexibility index (Phi) is 4.52. The molecule has 0 aliphatic carbocycles. The highest BCUT2D eigenvalue weighted by Crippen LogP contribution is 2.05. The second-order valence-electron chi connectivity index (χ2n) is 4.44. The van der Waals surface area contributed by atoms with E-state index in [9.17, 15) is 9.18 Å². The molecule has 0 saturated carbocycles. The third kappa shape index (κ3) is 3.70. The van der Waals surface area contributed by atoms with Gasteiger partial charge in [-0.25, -0.2) is 9.18 Å². The van der Waals surface area contributed by atoms with Crippen LogP contribution in [0.3, 0.4) is 0 Å². The molecule has 1 saturated heterocycles. The van der Waals surface area contributed by atoms with Crippen molar-refractivity contribution in [3.05, 3.63) is 35.6 Å². The number of hydrogen-bond acceptors (Lipinski definition) is 2. The lowest BCUT2D eigenvalue weighted by molar-refractivity contribution is 0.233. The molecular weight excluding hydrogens is 233 g/mol. The van der Waals surface area contributed by atoms with Gasteiger partial charge >= 0.3 is 6.03 Å². The van der Waals surface area contributed by atoms with E-state index in [1.54, 1.807) is 18.2 Å². The van der Waals surface area contributed by atoms with Crippen LogP contribution in [-0.4, -0.2) is 25.2 Å². The number of halogens is 1. The van der Waals surface area contributed by atoms with Gasteiger partial charge in [0.2, 0.25) is 0 Å². The number of carbonyl (C=O) groups excluding carboxylic acids is 1. The lowest BCUT2D eigenvalue weighted by atomic mass is 10.1. The molecule has 4 nitrogen and oxygen atoms in total. The summed E-state index contributed by atoms with van der Waals surface area (Å²) in [6.07, 6.45) is 1.88. The summed E-state index contributed by atoms with van der Waals surface area (Å²) in [5.41, 5.74) is 0.498. The van der Waals surface area contributed by atoms with Crippen LogP contribution in [0.1, 0.15) is 18.4 Å². The molecule has 0 spiro atoms. The maximum absolute atomic E-state index is 13.3. The Morgan fingerprint density at radius 1 is 1.33 bits per heavy atom. The quantitative estimate of drug-likeness (QED) is 0.760. The fourth-order valence-corrected chi connectivity index (χ4v) is 2.02. The Morgan fingerprint density at radius 3 is 2.78 bits per heavy atom. The van der Waals surface area contributed by atoms with Gasteiger partial charge in [0.1, 0.15) is 5.82 Å². The third-order valence-corrected chi connectivity index (χ3v) is 3.07. The van der Waals surface area contributed by atoms with Gasteiger partial charge in [0.25, 0.3) is 0 Å². The molecule has 3 N–H and O–H groups in total. The zero-order valence-corrected chi connectivity index (χ0v) is 10.2. The van der Waals surface area contributed by atoms with Crippen LogP contribution in [0.5, 0.6) is 0 Å².